The molecule has 1 heterocycles. The second-order valence-corrected chi connectivity index (χ2v) is 9.83. The van der Waals surface area contributed by atoms with Crippen molar-refractivity contribution in [3.8, 4) is 0 Å². The first-order valence-electron chi connectivity index (χ1n) is 5.06. The number of nitrogens with one attached hydrogen (secondary N) is 1. The first kappa shape index (κ1) is 10.6. The molecule has 0 unspecified atom stereocenters. The summed E-state index contributed by atoms with van der Waals surface area (Å²) in [6, 6.07) is 0. The van der Waals surface area contributed by atoms with Crippen LogP contribution >= 0.6 is 0 Å². The molecule has 1 N–H and O–H groups in total. The Morgan fingerprint density at radius 3 is 1.92 bits per heavy atom. The Morgan fingerprint density at radius 1 is 1.15 bits per heavy atom. The summed E-state index contributed by atoms with van der Waals surface area (Å²) < 4.78 is 0. The summed E-state index contributed by atoms with van der Waals surface area (Å²) in [5.41, 5.74) is 4.41. The van der Waals surface area contributed by atoms with Crippen molar-refractivity contribution >= 4 is 13.4 Å². The lowest BCUT2D eigenvalue weighted by atomic mass is 10.1. The average Bonchev–Trinajstić information content (AvgIpc) is 2.25. The van der Waals surface area contributed by atoms with Crippen LogP contribution in [0.2, 0.25) is 19.6 Å². The fourth-order valence-electron chi connectivity index (χ4n) is 2.07. The summed E-state index contributed by atoms with van der Waals surface area (Å²) in [6.07, 6.45) is 1.15. The van der Waals surface area contributed by atoms with Crippen molar-refractivity contribution in [1.29, 1.82) is 0 Å². The molecule has 0 saturated heterocycles. The Kier molecular flexibility index (Phi) is 2.71. The van der Waals surface area contributed by atoms with Crippen LogP contribution < -0.4 is 5.32 Å². The van der Waals surface area contributed by atoms with Crippen LogP contribution in [0.4, 0.5) is 0 Å². The Bertz CT molecular complexity index is 305. The van der Waals surface area contributed by atoms with E-state index in [1.54, 1.807) is 0 Å². The quantitative estimate of drug-likeness (QED) is 0.699. The molecule has 1 nitrogen and oxygen atoms in total. The van der Waals surface area contributed by atoms with Gasteiger partial charge in [0, 0.05) is 11.0 Å². The van der Waals surface area contributed by atoms with E-state index in [1.807, 2.05) is 0 Å². The van der Waals surface area contributed by atoms with Gasteiger partial charge in [0.25, 0.3) is 0 Å². The maximum Gasteiger partial charge on any atom is 0.0985 e. The fraction of sp³-hybridized carbons (Fsp3) is 0.636. The van der Waals surface area contributed by atoms with Crippen molar-refractivity contribution in [3.63, 3.8) is 0 Å². The van der Waals surface area contributed by atoms with Crippen molar-refractivity contribution in [1.82, 2.24) is 4.98 Å². The third-order valence-corrected chi connectivity index (χ3v) is 4.70. The van der Waals surface area contributed by atoms with Gasteiger partial charge in [-0.2, -0.15) is 0 Å². The minimum atomic E-state index is -1.16. The minimum absolute atomic E-state index is 1.15. The van der Waals surface area contributed by atoms with E-state index in [0.717, 1.165) is 6.42 Å². The molecule has 0 fully saturated rings. The maximum atomic E-state index is 3.57. The normalized spacial score (nSPS) is 12.2. The summed E-state index contributed by atoms with van der Waals surface area (Å²) in [5, 5.41) is 1.53. The maximum absolute atomic E-state index is 3.57. The van der Waals surface area contributed by atoms with Crippen LogP contribution in [0.25, 0.3) is 0 Å². The predicted molar refractivity (Wildman–Crippen MR) is 62.6 cm³/mol. The predicted octanol–water partition coefficient (Wildman–Crippen LogP) is 2.74. The number of aromatic nitrogens is 1. The van der Waals surface area contributed by atoms with E-state index in [4.69, 9.17) is 0 Å². The van der Waals surface area contributed by atoms with Crippen molar-refractivity contribution in [2.45, 2.75) is 46.8 Å². The van der Waals surface area contributed by atoms with Gasteiger partial charge in [0.05, 0.1) is 8.07 Å². The number of hydrogen-bond donors (Lipinski definition) is 1. The third-order valence-electron chi connectivity index (χ3n) is 2.70. The summed E-state index contributed by atoms with van der Waals surface area (Å²) in [4.78, 5) is 3.57. The fourth-order valence-corrected chi connectivity index (χ4v) is 3.91. The van der Waals surface area contributed by atoms with Crippen molar-refractivity contribution in [2.75, 3.05) is 0 Å². The van der Waals surface area contributed by atoms with Crippen LogP contribution in [-0.2, 0) is 6.42 Å². The van der Waals surface area contributed by atoms with Crippen LogP contribution in [0.5, 0.6) is 0 Å². The number of H-pyrrole nitrogens is 1. The van der Waals surface area contributed by atoms with Crippen molar-refractivity contribution in [2.24, 2.45) is 0 Å². The number of hydrogen-bond acceptors (Lipinski definition) is 0. The van der Waals surface area contributed by atoms with Crippen molar-refractivity contribution in [3.05, 3.63) is 16.8 Å². The molecule has 13 heavy (non-hydrogen) atoms. The highest BCUT2D eigenvalue weighted by Crippen LogP contribution is 2.15. The molecule has 0 bridgehead atoms. The zero-order valence-electron chi connectivity index (χ0n) is 9.71. The largest absolute Gasteiger partial charge is 0.366 e. The Labute approximate surface area is 82.6 Å². The molecule has 0 saturated carbocycles. The summed E-state index contributed by atoms with van der Waals surface area (Å²) in [5.74, 6) is 0. The molecule has 1 aromatic heterocycles. The van der Waals surface area contributed by atoms with Gasteiger partial charge in [-0.3, -0.25) is 0 Å². The topological polar surface area (TPSA) is 15.8 Å². The second-order valence-electron chi connectivity index (χ2n) is 4.83. The van der Waals surface area contributed by atoms with Gasteiger partial charge in [0.15, 0.2) is 0 Å². The molecule has 0 aromatic carbocycles. The molecule has 1 aromatic rings. The van der Waals surface area contributed by atoms with Crippen LogP contribution in [-0.4, -0.2) is 13.1 Å². The summed E-state index contributed by atoms with van der Waals surface area (Å²) in [6.45, 7) is 13.9. The van der Waals surface area contributed by atoms with Gasteiger partial charge in [-0.05, 0) is 31.4 Å². The molecule has 0 spiro atoms. The van der Waals surface area contributed by atoms with E-state index in [0.29, 0.717) is 0 Å². The minimum Gasteiger partial charge on any atom is -0.366 e. The molecule has 0 aliphatic carbocycles. The molecule has 2 heteroatoms. The molecule has 0 atom stereocenters. The van der Waals surface area contributed by atoms with Crippen LogP contribution in [0.3, 0.4) is 0 Å². The Hall–Kier alpha value is -0.503. The first-order valence-corrected chi connectivity index (χ1v) is 8.56. The lowest BCUT2D eigenvalue weighted by Crippen LogP contribution is -2.40. The van der Waals surface area contributed by atoms with E-state index in [2.05, 4.69) is 45.4 Å². The van der Waals surface area contributed by atoms with Crippen LogP contribution in [0.1, 0.15) is 23.7 Å². The second kappa shape index (κ2) is 3.33. The molecule has 0 aliphatic heterocycles. The number of aryl methyl sites for hydroxylation is 1. The highest BCUT2D eigenvalue weighted by atomic mass is 28.3. The molecule has 74 valence electrons. The van der Waals surface area contributed by atoms with Gasteiger partial charge in [-0.1, -0.05) is 26.6 Å². The highest BCUT2D eigenvalue weighted by molar-refractivity contribution is 6.88. The third kappa shape index (κ3) is 1.88. The van der Waals surface area contributed by atoms with Gasteiger partial charge < -0.3 is 4.98 Å². The van der Waals surface area contributed by atoms with Gasteiger partial charge >= 0.3 is 0 Å². The molecule has 1 rings (SSSR count). The van der Waals surface area contributed by atoms with Gasteiger partial charge in [-0.15, -0.1) is 0 Å². The lowest BCUT2D eigenvalue weighted by molar-refractivity contribution is 1.08. The Morgan fingerprint density at radius 2 is 1.69 bits per heavy atom. The Balaban J connectivity index is 3.26. The zero-order chi connectivity index (χ0) is 10.2. The van der Waals surface area contributed by atoms with Crippen LogP contribution in [0.15, 0.2) is 0 Å². The smallest absolute Gasteiger partial charge is 0.0985 e. The summed E-state index contributed by atoms with van der Waals surface area (Å²) in [7, 11) is -1.16. The molecular formula is C11H21NSi. The highest BCUT2D eigenvalue weighted by Gasteiger charge is 2.22. The van der Waals surface area contributed by atoms with Gasteiger partial charge in [-0.25, -0.2) is 0 Å². The SMILES string of the molecule is CCc1c(C)[nH]c([Si](C)(C)C)c1C. The standard InChI is InChI=1S/C11H21NSi/c1-7-10-8(2)11(12-9(10)3)13(4,5)6/h12H,7H2,1-6H3. The van der Waals surface area contributed by atoms with Gasteiger partial charge in [0.1, 0.15) is 0 Å². The zero-order valence-corrected chi connectivity index (χ0v) is 10.7. The number of rotatable bonds is 2. The molecule has 0 amide bonds. The number of aromatic amines is 1. The van der Waals surface area contributed by atoms with E-state index in [-0.39, 0.29) is 0 Å². The lowest BCUT2D eigenvalue weighted by Gasteiger charge is -2.15. The van der Waals surface area contributed by atoms with Gasteiger partial charge in [0.2, 0.25) is 0 Å². The monoisotopic (exact) mass is 195 g/mol. The average molecular weight is 195 g/mol. The van der Waals surface area contributed by atoms with E-state index >= 15 is 0 Å². The molecule has 0 radical (unpaired) electrons. The molecule has 0 aliphatic rings. The first-order chi connectivity index (χ1) is 5.88. The van der Waals surface area contributed by atoms with E-state index in [9.17, 15) is 0 Å². The van der Waals surface area contributed by atoms with E-state index in [1.165, 1.54) is 22.1 Å². The van der Waals surface area contributed by atoms with Crippen molar-refractivity contribution < 1.29 is 0 Å². The van der Waals surface area contributed by atoms with E-state index < -0.39 is 8.07 Å². The van der Waals surface area contributed by atoms with Crippen LogP contribution in [0, 0.1) is 13.8 Å². The summed E-state index contributed by atoms with van der Waals surface area (Å²) >= 11 is 0. The molecular weight excluding hydrogens is 174 g/mol.